The Balaban J connectivity index is 1.71. The molecule has 0 radical (unpaired) electrons. The Hall–Kier alpha value is -1.98. The van der Waals surface area contributed by atoms with Gasteiger partial charge in [-0.15, -0.1) is 0 Å². The first kappa shape index (κ1) is 13.5. The lowest BCUT2D eigenvalue weighted by Crippen LogP contribution is -2.43. The molecule has 1 aromatic heterocycles. The van der Waals surface area contributed by atoms with Crippen molar-refractivity contribution in [2.24, 2.45) is 4.99 Å². The van der Waals surface area contributed by atoms with Crippen LogP contribution in [-0.2, 0) is 11.3 Å². The quantitative estimate of drug-likeness (QED) is 0.616. The number of hydrogen-bond acceptors (Lipinski definition) is 3. The highest BCUT2D eigenvalue weighted by molar-refractivity contribution is 5.86. The van der Waals surface area contributed by atoms with Crippen LogP contribution in [0.25, 0.3) is 0 Å². The zero-order chi connectivity index (χ0) is 13.5. The number of hydrogen-bond donors (Lipinski definition) is 2. The van der Waals surface area contributed by atoms with Gasteiger partial charge >= 0.3 is 0 Å². The van der Waals surface area contributed by atoms with E-state index in [1.807, 2.05) is 17.0 Å². The average Bonchev–Trinajstić information content (AvgIpc) is 3.11. The molecule has 6 nitrogen and oxygen atoms in total. The molecule has 0 aromatic carbocycles. The summed E-state index contributed by atoms with van der Waals surface area (Å²) in [5.41, 5.74) is 0. The minimum atomic E-state index is 0.124. The maximum atomic E-state index is 11.9. The summed E-state index contributed by atoms with van der Waals surface area (Å²) in [5, 5.41) is 6.11. The van der Waals surface area contributed by atoms with Crippen LogP contribution in [0.5, 0.6) is 0 Å². The van der Waals surface area contributed by atoms with E-state index < -0.39 is 0 Å². The van der Waals surface area contributed by atoms with Crippen molar-refractivity contribution in [3.8, 4) is 0 Å². The van der Waals surface area contributed by atoms with Crippen LogP contribution in [0.3, 0.4) is 0 Å². The van der Waals surface area contributed by atoms with Gasteiger partial charge in [0.05, 0.1) is 19.4 Å². The molecule has 1 aromatic rings. The molecule has 1 saturated heterocycles. The highest BCUT2D eigenvalue weighted by Crippen LogP contribution is 2.06. The molecule has 2 heterocycles. The first-order chi connectivity index (χ1) is 9.29. The van der Waals surface area contributed by atoms with Gasteiger partial charge in [0.2, 0.25) is 5.91 Å². The van der Waals surface area contributed by atoms with Crippen molar-refractivity contribution >= 4 is 11.9 Å². The van der Waals surface area contributed by atoms with Gasteiger partial charge in [-0.1, -0.05) is 0 Å². The molecule has 0 bridgehead atoms. The molecular weight excluding hydrogens is 244 g/mol. The smallest absolute Gasteiger partial charge is 0.241 e. The fourth-order valence-corrected chi connectivity index (χ4v) is 2.04. The summed E-state index contributed by atoms with van der Waals surface area (Å²) < 4.78 is 5.21. The van der Waals surface area contributed by atoms with Crippen molar-refractivity contribution in [3.05, 3.63) is 24.2 Å². The monoisotopic (exact) mass is 264 g/mol. The second kappa shape index (κ2) is 6.82. The van der Waals surface area contributed by atoms with Crippen molar-refractivity contribution in [1.82, 2.24) is 15.5 Å². The van der Waals surface area contributed by atoms with Gasteiger partial charge in [-0.25, -0.2) is 0 Å². The second-order valence-corrected chi connectivity index (χ2v) is 4.45. The molecule has 1 aliphatic rings. The summed E-state index contributed by atoms with van der Waals surface area (Å²) in [5.74, 6) is 1.55. The Morgan fingerprint density at radius 1 is 1.42 bits per heavy atom. The van der Waals surface area contributed by atoms with E-state index in [0.717, 1.165) is 31.7 Å². The molecule has 0 atom stereocenters. The summed E-state index contributed by atoms with van der Waals surface area (Å²) in [6.07, 6.45) is 3.85. The van der Waals surface area contributed by atoms with Gasteiger partial charge in [-0.3, -0.25) is 9.79 Å². The average molecular weight is 264 g/mol. The van der Waals surface area contributed by atoms with Gasteiger partial charge in [0.15, 0.2) is 5.96 Å². The maximum absolute atomic E-state index is 11.9. The number of carbonyl (C=O) groups is 1. The number of carbonyl (C=O) groups excluding carboxylic acids is 1. The number of likely N-dealkylation sites (tertiary alicyclic amines) is 1. The third kappa shape index (κ3) is 4.01. The van der Waals surface area contributed by atoms with Crippen molar-refractivity contribution in [1.29, 1.82) is 0 Å². The second-order valence-electron chi connectivity index (χ2n) is 4.45. The third-order valence-electron chi connectivity index (χ3n) is 3.10. The molecule has 0 unspecified atom stereocenters. The fourth-order valence-electron chi connectivity index (χ4n) is 2.04. The molecule has 1 amide bonds. The first-order valence-electron chi connectivity index (χ1n) is 6.54. The number of rotatable bonds is 4. The number of guanidine groups is 1. The lowest BCUT2D eigenvalue weighted by atomic mass is 10.4. The number of furan rings is 1. The highest BCUT2D eigenvalue weighted by Gasteiger charge is 2.17. The first-order valence-corrected chi connectivity index (χ1v) is 6.54. The lowest BCUT2D eigenvalue weighted by molar-refractivity contribution is -0.128. The fraction of sp³-hybridized carbons (Fsp3) is 0.538. The van der Waals surface area contributed by atoms with Gasteiger partial charge in [-0.05, 0) is 25.0 Å². The minimum Gasteiger partial charge on any atom is -0.467 e. The molecular formula is C13H20N4O2. The number of nitrogens with one attached hydrogen (secondary N) is 2. The summed E-state index contributed by atoms with van der Waals surface area (Å²) in [4.78, 5) is 17.8. The van der Waals surface area contributed by atoms with Gasteiger partial charge in [-0.2, -0.15) is 0 Å². The standard InChI is InChI=1S/C13H20N4O2/c1-14-13(15-9-11-5-4-8-19-11)16-10-12(18)17-6-2-3-7-17/h4-5,8H,2-3,6-7,9-10H2,1H3,(H2,14,15,16). The van der Waals surface area contributed by atoms with Gasteiger partial charge in [0.1, 0.15) is 5.76 Å². The molecule has 1 aliphatic heterocycles. The largest absolute Gasteiger partial charge is 0.467 e. The van der Waals surface area contributed by atoms with Crippen LogP contribution in [0.15, 0.2) is 27.8 Å². The molecule has 2 N–H and O–H groups in total. The van der Waals surface area contributed by atoms with Crippen LogP contribution in [0.2, 0.25) is 0 Å². The van der Waals surface area contributed by atoms with E-state index in [2.05, 4.69) is 15.6 Å². The lowest BCUT2D eigenvalue weighted by Gasteiger charge is -2.17. The van der Waals surface area contributed by atoms with E-state index in [9.17, 15) is 4.79 Å². The SMILES string of the molecule is CN=C(NCC(=O)N1CCCC1)NCc1ccco1. The predicted octanol–water partition coefficient (Wildman–Crippen LogP) is 0.567. The Labute approximate surface area is 112 Å². The zero-order valence-electron chi connectivity index (χ0n) is 11.2. The third-order valence-corrected chi connectivity index (χ3v) is 3.10. The van der Waals surface area contributed by atoms with Crippen LogP contribution < -0.4 is 10.6 Å². The van der Waals surface area contributed by atoms with E-state index >= 15 is 0 Å². The van der Waals surface area contributed by atoms with Crippen LogP contribution in [-0.4, -0.2) is 43.4 Å². The summed E-state index contributed by atoms with van der Waals surface area (Å²) in [7, 11) is 1.68. The van der Waals surface area contributed by atoms with E-state index in [0.29, 0.717) is 12.5 Å². The van der Waals surface area contributed by atoms with Gasteiger partial charge in [0.25, 0.3) is 0 Å². The van der Waals surface area contributed by atoms with E-state index in [4.69, 9.17) is 4.42 Å². The molecule has 104 valence electrons. The van der Waals surface area contributed by atoms with Crippen LogP contribution in [0.1, 0.15) is 18.6 Å². The molecule has 0 aliphatic carbocycles. The van der Waals surface area contributed by atoms with Crippen molar-refractivity contribution in [3.63, 3.8) is 0 Å². The number of amides is 1. The Morgan fingerprint density at radius 2 is 2.21 bits per heavy atom. The van der Waals surface area contributed by atoms with E-state index in [1.165, 1.54) is 0 Å². The summed E-state index contributed by atoms with van der Waals surface area (Å²) in [6.45, 7) is 2.57. The molecule has 2 rings (SSSR count). The van der Waals surface area contributed by atoms with Gasteiger partial charge < -0.3 is 20.0 Å². The van der Waals surface area contributed by atoms with Crippen LogP contribution in [0, 0.1) is 0 Å². The highest BCUT2D eigenvalue weighted by atomic mass is 16.3. The van der Waals surface area contributed by atoms with Crippen LogP contribution in [0.4, 0.5) is 0 Å². The molecule has 1 fully saturated rings. The van der Waals surface area contributed by atoms with Crippen molar-refractivity contribution in [2.45, 2.75) is 19.4 Å². The predicted molar refractivity (Wildman–Crippen MR) is 72.7 cm³/mol. The zero-order valence-corrected chi connectivity index (χ0v) is 11.2. The maximum Gasteiger partial charge on any atom is 0.241 e. The Bertz CT molecular complexity index is 422. The van der Waals surface area contributed by atoms with Crippen LogP contribution >= 0.6 is 0 Å². The minimum absolute atomic E-state index is 0.124. The normalized spacial score (nSPS) is 15.6. The van der Waals surface area contributed by atoms with Gasteiger partial charge in [0, 0.05) is 20.1 Å². The molecule has 0 saturated carbocycles. The molecule has 6 heteroatoms. The topological polar surface area (TPSA) is 69.9 Å². The van der Waals surface area contributed by atoms with E-state index in [1.54, 1.807) is 13.3 Å². The summed E-state index contributed by atoms with van der Waals surface area (Å²) >= 11 is 0. The van der Waals surface area contributed by atoms with E-state index in [-0.39, 0.29) is 12.5 Å². The number of aliphatic imine (C=N–C) groups is 1. The molecule has 19 heavy (non-hydrogen) atoms. The number of nitrogens with zero attached hydrogens (tertiary/aromatic N) is 2. The molecule has 0 spiro atoms. The van der Waals surface area contributed by atoms with Crippen molar-refractivity contribution in [2.75, 3.05) is 26.7 Å². The Kier molecular flexibility index (Phi) is 4.83. The van der Waals surface area contributed by atoms with Crippen molar-refractivity contribution < 1.29 is 9.21 Å². The Morgan fingerprint density at radius 3 is 2.84 bits per heavy atom. The summed E-state index contributed by atoms with van der Waals surface area (Å²) in [6, 6.07) is 3.72.